The Labute approximate surface area is 129 Å². The number of carbonyl (C=O) groups is 1. The van der Waals surface area contributed by atoms with Crippen molar-refractivity contribution in [3.8, 4) is 0 Å². The number of thiophene rings is 1. The van der Waals surface area contributed by atoms with Gasteiger partial charge in [-0.25, -0.2) is 0 Å². The first-order valence-electron chi connectivity index (χ1n) is 7.39. The molecule has 0 fully saturated rings. The number of nitrogens with one attached hydrogen (secondary N) is 2. The van der Waals surface area contributed by atoms with Crippen LogP contribution in [0.25, 0.3) is 0 Å². The Bertz CT molecular complexity index is 626. The van der Waals surface area contributed by atoms with E-state index in [1.165, 1.54) is 34.6 Å². The summed E-state index contributed by atoms with van der Waals surface area (Å²) in [5.74, 6) is 0.00778. The SMILES string of the molecule is Cc1ccccc1NC(=O)CNCc1cc2c(s1)CCC2. The van der Waals surface area contributed by atoms with Gasteiger partial charge in [-0.15, -0.1) is 11.3 Å². The molecule has 1 aliphatic rings. The first kappa shape index (κ1) is 14.3. The summed E-state index contributed by atoms with van der Waals surface area (Å²) in [6.45, 7) is 3.12. The number of aryl methyl sites for hydroxylation is 3. The maximum atomic E-state index is 11.9. The topological polar surface area (TPSA) is 41.1 Å². The predicted molar refractivity (Wildman–Crippen MR) is 87.9 cm³/mol. The summed E-state index contributed by atoms with van der Waals surface area (Å²) in [5.41, 5.74) is 3.49. The lowest BCUT2D eigenvalue weighted by Crippen LogP contribution is -2.27. The third-order valence-corrected chi connectivity index (χ3v) is 5.04. The van der Waals surface area contributed by atoms with E-state index in [0.717, 1.165) is 17.8 Å². The number of hydrogen-bond acceptors (Lipinski definition) is 3. The van der Waals surface area contributed by atoms with E-state index in [4.69, 9.17) is 0 Å². The molecule has 3 rings (SSSR count). The van der Waals surface area contributed by atoms with Crippen molar-refractivity contribution in [2.75, 3.05) is 11.9 Å². The van der Waals surface area contributed by atoms with E-state index in [1.54, 1.807) is 0 Å². The van der Waals surface area contributed by atoms with Crippen LogP contribution in [0, 0.1) is 6.92 Å². The van der Waals surface area contributed by atoms with E-state index in [9.17, 15) is 4.79 Å². The summed E-state index contributed by atoms with van der Waals surface area (Å²) in [6.07, 6.45) is 3.75. The highest BCUT2D eigenvalue weighted by Gasteiger charge is 2.14. The molecule has 0 atom stereocenters. The van der Waals surface area contributed by atoms with E-state index in [0.29, 0.717) is 6.54 Å². The smallest absolute Gasteiger partial charge is 0.238 e. The van der Waals surface area contributed by atoms with Crippen LogP contribution < -0.4 is 10.6 Å². The Morgan fingerprint density at radius 2 is 2.14 bits per heavy atom. The number of fused-ring (bicyclic) bond motifs is 1. The van der Waals surface area contributed by atoms with Crippen molar-refractivity contribution in [1.29, 1.82) is 0 Å². The minimum absolute atomic E-state index is 0.00778. The summed E-state index contributed by atoms with van der Waals surface area (Å²) < 4.78 is 0. The molecule has 1 aromatic heterocycles. The molecule has 0 bridgehead atoms. The number of rotatable bonds is 5. The van der Waals surface area contributed by atoms with E-state index in [1.807, 2.05) is 42.5 Å². The molecule has 1 aliphatic carbocycles. The van der Waals surface area contributed by atoms with Gasteiger partial charge >= 0.3 is 0 Å². The zero-order valence-electron chi connectivity index (χ0n) is 12.2. The monoisotopic (exact) mass is 300 g/mol. The van der Waals surface area contributed by atoms with Crippen LogP contribution in [0.15, 0.2) is 30.3 Å². The molecule has 2 N–H and O–H groups in total. The summed E-state index contributed by atoms with van der Waals surface area (Å²) >= 11 is 1.89. The largest absolute Gasteiger partial charge is 0.325 e. The van der Waals surface area contributed by atoms with Crippen LogP contribution in [0.3, 0.4) is 0 Å². The Balaban J connectivity index is 1.46. The summed E-state index contributed by atoms with van der Waals surface area (Å²) in [6, 6.07) is 10.1. The lowest BCUT2D eigenvalue weighted by atomic mass is 10.2. The molecule has 0 unspecified atom stereocenters. The number of carbonyl (C=O) groups excluding carboxylic acids is 1. The molecule has 0 saturated carbocycles. The molecule has 3 nitrogen and oxygen atoms in total. The van der Waals surface area contributed by atoms with Crippen molar-refractivity contribution in [2.45, 2.75) is 32.7 Å². The number of benzene rings is 1. The van der Waals surface area contributed by atoms with Crippen LogP contribution >= 0.6 is 11.3 Å². The first-order chi connectivity index (χ1) is 10.2. The molecule has 0 aliphatic heterocycles. The van der Waals surface area contributed by atoms with Crippen molar-refractivity contribution in [1.82, 2.24) is 5.32 Å². The van der Waals surface area contributed by atoms with Crippen molar-refractivity contribution < 1.29 is 4.79 Å². The normalized spacial score (nSPS) is 13.2. The maximum Gasteiger partial charge on any atom is 0.238 e. The Morgan fingerprint density at radius 1 is 1.29 bits per heavy atom. The third kappa shape index (κ3) is 3.52. The quantitative estimate of drug-likeness (QED) is 0.890. The van der Waals surface area contributed by atoms with Crippen LogP contribution in [0.4, 0.5) is 5.69 Å². The third-order valence-electron chi connectivity index (χ3n) is 3.80. The Kier molecular flexibility index (Phi) is 4.36. The summed E-state index contributed by atoms with van der Waals surface area (Å²) in [4.78, 5) is 14.8. The molecule has 0 spiro atoms. The van der Waals surface area contributed by atoms with Gasteiger partial charge in [0.1, 0.15) is 0 Å². The average molecular weight is 300 g/mol. The van der Waals surface area contributed by atoms with Crippen molar-refractivity contribution in [3.63, 3.8) is 0 Å². The van der Waals surface area contributed by atoms with Crippen LogP contribution in [-0.2, 0) is 24.2 Å². The minimum atomic E-state index is 0.00778. The highest BCUT2D eigenvalue weighted by molar-refractivity contribution is 7.12. The lowest BCUT2D eigenvalue weighted by Gasteiger charge is -2.08. The van der Waals surface area contributed by atoms with Crippen molar-refractivity contribution in [3.05, 3.63) is 51.2 Å². The molecule has 0 radical (unpaired) electrons. The van der Waals surface area contributed by atoms with E-state index < -0.39 is 0 Å². The first-order valence-corrected chi connectivity index (χ1v) is 8.20. The van der Waals surface area contributed by atoms with Crippen molar-refractivity contribution in [2.24, 2.45) is 0 Å². The van der Waals surface area contributed by atoms with Crippen LogP contribution in [0.1, 0.15) is 27.3 Å². The average Bonchev–Trinajstić information content (AvgIpc) is 3.02. The molecule has 0 saturated heterocycles. The van der Waals surface area contributed by atoms with Crippen molar-refractivity contribution >= 4 is 22.9 Å². The molecular formula is C17H20N2OS. The molecule has 4 heteroatoms. The molecule has 110 valence electrons. The standard InChI is InChI=1S/C17H20N2OS/c1-12-5-2-3-7-15(12)19-17(20)11-18-10-14-9-13-6-4-8-16(13)21-14/h2-3,5,7,9,18H,4,6,8,10-11H2,1H3,(H,19,20). The molecule has 1 amide bonds. The zero-order valence-corrected chi connectivity index (χ0v) is 13.1. The summed E-state index contributed by atoms with van der Waals surface area (Å²) in [7, 11) is 0. The second kappa shape index (κ2) is 6.41. The van der Waals surface area contributed by atoms with E-state index in [-0.39, 0.29) is 5.91 Å². The Morgan fingerprint density at radius 3 is 2.95 bits per heavy atom. The fourth-order valence-electron chi connectivity index (χ4n) is 2.68. The molecular weight excluding hydrogens is 280 g/mol. The van der Waals surface area contributed by atoms with Gasteiger partial charge in [0.05, 0.1) is 6.54 Å². The number of hydrogen-bond donors (Lipinski definition) is 2. The fraction of sp³-hybridized carbons (Fsp3) is 0.353. The number of anilines is 1. The van der Waals surface area contributed by atoms with E-state index in [2.05, 4.69) is 16.7 Å². The van der Waals surface area contributed by atoms with Crippen LogP contribution in [-0.4, -0.2) is 12.5 Å². The van der Waals surface area contributed by atoms with Gasteiger partial charge in [0.15, 0.2) is 0 Å². The van der Waals surface area contributed by atoms with Crippen LogP contribution in [0.2, 0.25) is 0 Å². The Hall–Kier alpha value is -1.65. The van der Waals surface area contributed by atoms with Crippen LogP contribution in [0.5, 0.6) is 0 Å². The highest BCUT2D eigenvalue weighted by Crippen LogP contribution is 2.30. The second-order valence-corrected chi connectivity index (χ2v) is 6.70. The minimum Gasteiger partial charge on any atom is -0.325 e. The van der Waals surface area contributed by atoms with Gasteiger partial charge in [0, 0.05) is 22.0 Å². The van der Waals surface area contributed by atoms with Gasteiger partial charge in [0.2, 0.25) is 5.91 Å². The van der Waals surface area contributed by atoms with Gasteiger partial charge in [-0.05, 0) is 49.4 Å². The van der Waals surface area contributed by atoms with Gasteiger partial charge in [-0.2, -0.15) is 0 Å². The fourth-order valence-corrected chi connectivity index (χ4v) is 3.91. The number of para-hydroxylation sites is 1. The van der Waals surface area contributed by atoms with Gasteiger partial charge in [-0.1, -0.05) is 18.2 Å². The number of amides is 1. The van der Waals surface area contributed by atoms with Gasteiger partial charge < -0.3 is 10.6 Å². The predicted octanol–water partition coefficient (Wildman–Crippen LogP) is 3.27. The molecule has 2 aromatic rings. The molecule has 21 heavy (non-hydrogen) atoms. The highest BCUT2D eigenvalue weighted by atomic mass is 32.1. The molecule has 1 aromatic carbocycles. The van der Waals surface area contributed by atoms with Gasteiger partial charge in [-0.3, -0.25) is 4.79 Å². The lowest BCUT2D eigenvalue weighted by molar-refractivity contribution is -0.115. The van der Waals surface area contributed by atoms with Gasteiger partial charge in [0.25, 0.3) is 0 Å². The molecule has 1 heterocycles. The summed E-state index contributed by atoms with van der Waals surface area (Å²) in [5, 5.41) is 6.17. The zero-order chi connectivity index (χ0) is 14.7. The second-order valence-electron chi connectivity index (χ2n) is 5.48. The maximum absolute atomic E-state index is 11.9. The van der Waals surface area contributed by atoms with E-state index >= 15 is 0 Å².